The molecule has 1 saturated carbocycles. The predicted octanol–water partition coefficient (Wildman–Crippen LogP) is 4.53. The van der Waals surface area contributed by atoms with Crippen molar-refractivity contribution in [2.75, 3.05) is 25.6 Å². The molecule has 7 nitrogen and oxygen atoms in total. The lowest BCUT2D eigenvalue weighted by atomic mass is 9.92. The van der Waals surface area contributed by atoms with Crippen molar-refractivity contribution in [1.82, 2.24) is 14.5 Å². The van der Waals surface area contributed by atoms with E-state index in [0.29, 0.717) is 42.4 Å². The summed E-state index contributed by atoms with van der Waals surface area (Å²) in [6.07, 6.45) is 2.67. The van der Waals surface area contributed by atoms with E-state index < -0.39 is 6.43 Å². The summed E-state index contributed by atoms with van der Waals surface area (Å²) in [6, 6.07) is 10.7. The van der Waals surface area contributed by atoms with E-state index in [9.17, 15) is 13.6 Å². The maximum Gasteiger partial charge on any atom is 0.263 e. The summed E-state index contributed by atoms with van der Waals surface area (Å²) in [5.74, 6) is 1.14. The molecule has 1 aliphatic carbocycles. The van der Waals surface area contributed by atoms with Crippen molar-refractivity contribution in [1.29, 1.82) is 0 Å². The van der Waals surface area contributed by atoms with Crippen LogP contribution in [0, 0.1) is 5.92 Å². The molecule has 35 heavy (non-hydrogen) atoms. The zero-order chi connectivity index (χ0) is 24.1. The van der Waals surface area contributed by atoms with Crippen LogP contribution < -0.4 is 10.1 Å². The number of pyridine rings is 1. The van der Waals surface area contributed by atoms with E-state index in [0.717, 1.165) is 36.8 Å². The molecular weight excluding hydrogens is 454 g/mol. The Hall–Kier alpha value is -3.04. The third kappa shape index (κ3) is 4.50. The topological polar surface area (TPSA) is 68.1 Å². The first-order chi connectivity index (χ1) is 16.9. The first-order valence-corrected chi connectivity index (χ1v) is 12.1. The molecule has 1 unspecified atom stereocenters. The van der Waals surface area contributed by atoms with Crippen molar-refractivity contribution in [3.63, 3.8) is 0 Å². The smallest absolute Gasteiger partial charge is 0.263 e. The van der Waals surface area contributed by atoms with E-state index in [1.807, 2.05) is 12.1 Å². The third-order valence-electron chi connectivity index (χ3n) is 7.37. The first-order valence-electron chi connectivity index (χ1n) is 12.1. The number of carbonyl (C=O) groups is 1. The third-order valence-corrected chi connectivity index (χ3v) is 7.37. The summed E-state index contributed by atoms with van der Waals surface area (Å²) in [4.78, 5) is 14.5. The van der Waals surface area contributed by atoms with Crippen molar-refractivity contribution < 1.29 is 23.0 Å². The summed E-state index contributed by atoms with van der Waals surface area (Å²) in [7, 11) is 2.12. The first kappa shape index (κ1) is 22.4. The van der Waals surface area contributed by atoms with Crippen LogP contribution >= 0.6 is 0 Å². The molecule has 2 aliphatic heterocycles. The highest BCUT2D eigenvalue weighted by molar-refractivity contribution is 5.93. The summed E-state index contributed by atoms with van der Waals surface area (Å²) in [5, 5.41) is 7.27. The van der Waals surface area contributed by atoms with Crippen LogP contribution in [0.5, 0.6) is 5.75 Å². The zero-order valence-corrected chi connectivity index (χ0v) is 19.5. The molecule has 0 spiro atoms. The van der Waals surface area contributed by atoms with Gasteiger partial charge in [-0.1, -0.05) is 0 Å². The van der Waals surface area contributed by atoms with Crippen molar-refractivity contribution in [2.45, 2.75) is 50.3 Å². The van der Waals surface area contributed by atoms with Crippen LogP contribution in [-0.4, -0.2) is 58.9 Å². The molecular formula is C26H28F2N4O3. The van der Waals surface area contributed by atoms with Gasteiger partial charge in [-0.15, -0.1) is 0 Å². The van der Waals surface area contributed by atoms with Crippen LogP contribution in [0.15, 0.2) is 42.6 Å². The van der Waals surface area contributed by atoms with Gasteiger partial charge in [-0.05, 0) is 55.8 Å². The number of benzene rings is 1. The lowest BCUT2D eigenvalue weighted by molar-refractivity contribution is -0.117. The van der Waals surface area contributed by atoms with E-state index in [1.165, 1.54) is 12.1 Å². The number of amides is 1. The number of aromatic nitrogens is 2. The molecule has 9 heteroatoms. The number of nitrogens with zero attached hydrogens (tertiary/aromatic N) is 3. The fourth-order valence-electron chi connectivity index (χ4n) is 5.13. The van der Waals surface area contributed by atoms with Crippen molar-refractivity contribution in [3.05, 3.63) is 48.2 Å². The molecule has 2 saturated heterocycles. The maximum atomic E-state index is 13.6. The number of rotatable bonds is 6. The molecule has 2 bridgehead atoms. The van der Waals surface area contributed by atoms with Gasteiger partial charge >= 0.3 is 0 Å². The van der Waals surface area contributed by atoms with E-state index >= 15 is 0 Å². The number of likely N-dealkylation sites (N-methyl/N-ethyl adjacent to an activating group) is 1. The molecule has 184 valence electrons. The highest BCUT2D eigenvalue weighted by Gasteiger charge is 2.38. The molecule has 1 N–H and O–H groups in total. The van der Waals surface area contributed by atoms with Gasteiger partial charge in [0, 0.05) is 54.2 Å². The second kappa shape index (κ2) is 8.87. The summed E-state index contributed by atoms with van der Waals surface area (Å²) in [6.45, 7) is 1.36. The molecule has 0 radical (unpaired) electrons. The van der Waals surface area contributed by atoms with Crippen molar-refractivity contribution in [3.8, 4) is 16.9 Å². The second-order valence-electron chi connectivity index (χ2n) is 9.86. The highest BCUT2D eigenvalue weighted by Crippen LogP contribution is 2.38. The molecule has 4 heterocycles. The van der Waals surface area contributed by atoms with Crippen LogP contribution in [0.4, 0.5) is 14.6 Å². The molecule has 3 atom stereocenters. The average Bonchev–Trinajstić information content (AvgIpc) is 3.60. The molecule has 3 aromatic rings. The van der Waals surface area contributed by atoms with Gasteiger partial charge in [-0.2, -0.15) is 5.10 Å². The van der Waals surface area contributed by atoms with Crippen LogP contribution in [-0.2, 0) is 9.53 Å². The van der Waals surface area contributed by atoms with Gasteiger partial charge < -0.3 is 14.8 Å². The quantitative estimate of drug-likeness (QED) is 0.559. The highest BCUT2D eigenvalue weighted by atomic mass is 19.3. The monoisotopic (exact) mass is 482 g/mol. The Balaban J connectivity index is 1.30. The lowest BCUT2D eigenvalue weighted by Crippen LogP contribution is -2.57. The fourth-order valence-corrected chi connectivity index (χ4v) is 5.13. The van der Waals surface area contributed by atoms with E-state index in [2.05, 4.69) is 22.4 Å². The maximum absolute atomic E-state index is 13.6. The average molecular weight is 483 g/mol. The molecule has 1 aromatic carbocycles. The van der Waals surface area contributed by atoms with Crippen molar-refractivity contribution >= 4 is 17.2 Å². The normalized spacial score (nSPS) is 24.6. The summed E-state index contributed by atoms with van der Waals surface area (Å²) < 4.78 is 41.0. The Labute approximate surface area is 202 Å². The summed E-state index contributed by atoms with van der Waals surface area (Å²) >= 11 is 0. The second-order valence-corrected chi connectivity index (χ2v) is 9.86. The number of ether oxygens (including phenoxy) is 2. The summed E-state index contributed by atoms with van der Waals surface area (Å²) in [5.41, 5.74) is 2.08. The number of anilines is 1. The Morgan fingerprint density at radius 3 is 2.63 bits per heavy atom. The molecule has 3 aliphatic rings. The van der Waals surface area contributed by atoms with Gasteiger partial charge in [-0.25, -0.2) is 13.3 Å². The molecule has 1 amide bonds. The molecule has 2 aromatic heterocycles. The number of carbonyl (C=O) groups excluding carboxylic acids is 1. The Morgan fingerprint density at radius 2 is 1.91 bits per heavy atom. The number of nitrogens with one attached hydrogen (secondary N) is 1. The van der Waals surface area contributed by atoms with E-state index in [1.54, 1.807) is 22.8 Å². The predicted molar refractivity (Wildman–Crippen MR) is 127 cm³/mol. The number of hydrogen-bond donors (Lipinski definition) is 1. The fraction of sp³-hybridized carbons (Fsp3) is 0.462. The van der Waals surface area contributed by atoms with Crippen LogP contribution in [0.1, 0.15) is 37.7 Å². The van der Waals surface area contributed by atoms with Gasteiger partial charge in [0.25, 0.3) is 6.43 Å². The number of fused-ring (bicyclic) bond motifs is 3. The minimum absolute atomic E-state index is 0.0100. The van der Waals surface area contributed by atoms with Gasteiger partial charge in [0.05, 0.1) is 18.7 Å². The Morgan fingerprint density at radius 1 is 1.14 bits per heavy atom. The molecule has 6 rings (SSSR count). The van der Waals surface area contributed by atoms with Crippen molar-refractivity contribution in [2.24, 2.45) is 5.92 Å². The number of alkyl halides is 2. The van der Waals surface area contributed by atoms with Gasteiger partial charge in [0.1, 0.15) is 11.9 Å². The number of morpholine rings is 1. The minimum atomic E-state index is -2.58. The van der Waals surface area contributed by atoms with Crippen LogP contribution in [0.3, 0.4) is 0 Å². The van der Waals surface area contributed by atoms with Gasteiger partial charge in [0.2, 0.25) is 5.91 Å². The number of hydrogen-bond acceptors (Lipinski definition) is 5. The Bertz CT molecular complexity index is 1240. The minimum Gasteiger partial charge on any atom is -0.490 e. The van der Waals surface area contributed by atoms with E-state index in [-0.39, 0.29) is 23.5 Å². The largest absolute Gasteiger partial charge is 0.490 e. The van der Waals surface area contributed by atoms with E-state index in [4.69, 9.17) is 9.47 Å². The van der Waals surface area contributed by atoms with Crippen LogP contribution in [0.2, 0.25) is 0 Å². The molecule has 3 fully saturated rings. The Kier molecular flexibility index (Phi) is 5.69. The SMILES string of the molecule is CN1[C@@H]2COC[C@H]1CC(Oc1ccc(C(F)F)cc1-c1ccn3nc(NC(=O)C4CC4)cc3c1)C2. The van der Waals surface area contributed by atoms with Gasteiger partial charge in [0.15, 0.2) is 5.82 Å². The van der Waals surface area contributed by atoms with Crippen LogP contribution in [0.25, 0.3) is 16.6 Å². The number of halogens is 2. The standard InChI is InChI=1S/C26H28F2N4O3/c1-31-19-10-21(11-20(31)14-34-13-19)35-23-5-4-17(25(27)28)9-22(23)16-6-7-32-18(8-16)12-24(30-32)29-26(33)15-2-3-15/h4-9,12,15,19-21,25H,2-3,10-11,13-14H2,1H3,(H,29,30,33)/t19-,20+,21?. The lowest BCUT2D eigenvalue weighted by Gasteiger charge is -2.46. The number of piperidine rings is 1. The zero-order valence-electron chi connectivity index (χ0n) is 19.5. The van der Waals surface area contributed by atoms with Gasteiger partial charge in [-0.3, -0.25) is 9.69 Å².